The number of ether oxygens (including phenoxy) is 1. The van der Waals surface area contributed by atoms with E-state index >= 15 is 0 Å². The molecular formula is C24H28N4O4S. The van der Waals surface area contributed by atoms with Crippen LogP contribution in [0.5, 0.6) is 0 Å². The molecule has 174 valence electrons. The lowest BCUT2D eigenvalue weighted by Gasteiger charge is -2.30. The average Bonchev–Trinajstić information content (AvgIpc) is 3.04. The summed E-state index contributed by atoms with van der Waals surface area (Å²) >= 11 is 0. The number of benzene rings is 2. The summed E-state index contributed by atoms with van der Waals surface area (Å²) in [6, 6.07) is 13.3. The number of nitrogen functional groups attached to an aromatic ring is 1. The number of morpholine rings is 1. The molecule has 33 heavy (non-hydrogen) atoms. The number of amides is 1. The minimum Gasteiger partial charge on any atom is -0.396 e. The molecule has 1 saturated carbocycles. The lowest BCUT2D eigenvalue weighted by molar-refractivity contribution is 0.0303. The highest BCUT2D eigenvalue weighted by molar-refractivity contribution is 7.92. The van der Waals surface area contributed by atoms with Crippen LogP contribution in [0.3, 0.4) is 0 Å². The SMILES string of the molecule is CS(=O)(=O)Nc1ccc(-c2c(N)c3ccc(C(=O)N4CCOCC4)cc3n2C2CCC2)cc1. The minimum absolute atomic E-state index is 0.0119. The Morgan fingerprint density at radius 2 is 1.79 bits per heavy atom. The van der Waals surface area contributed by atoms with Crippen molar-refractivity contribution in [3.8, 4) is 11.3 Å². The van der Waals surface area contributed by atoms with Gasteiger partial charge in [-0.2, -0.15) is 0 Å². The first kappa shape index (κ1) is 21.8. The topological polar surface area (TPSA) is 107 Å². The second kappa shape index (κ2) is 8.39. The van der Waals surface area contributed by atoms with Gasteiger partial charge < -0.3 is 19.9 Å². The molecule has 1 aliphatic carbocycles. The molecule has 0 radical (unpaired) electrons. The summed E-state index contributed by atoms with van der Waals surface area (Å²) in [5.74, 6) is 0.0119. The number of carbonyl (C=O) groups excluding carboxylic acids is 1. The fraction of sp³-hybridized carbons (Fsp3) is 0.375. The van der Waals surface area contributed by atoms with Gasteiger partial charge in [0.25, 0.3) is 5.91 Å². The van der Waals surface area contributed by atoms with E-state index in [9.17, 15) is 13.2 Å². The fourth-order valence-electron chi connectivity index (χ4n) is 4.65. The molecule has 2 aliphatic rings. The van der Waals surface area contributed by atoms with Crippen molar-refractivity contribution < 1.29 is 17.9 Å². The van der Waals surface area contributed by atoms with E-state index in [0.29, 0.717) is 49.3 Å². The molecule has 9 heteroatoms. The molecule has 0 unspecified atom stereocenters. The third-order valence-corrected chi connectivity index (χ3v) is 7.10. The van der Waals surface area contributed by atoms with Gasteiger partial charge in [-0.05, 0) is 49.6 Å². The Kier molecular flexibility index (Phi) is 5.54. The lowest BCUT2D eigenvalue weighted by Crippen LogP contribution is -2.40. The zero-order chi connectivity index (χ0) is 23.2. The highest BCUT2D eigenvalue weighted by Gasteiger charge is 2.28. The number of nitrogens with two attached hydrogens (primary N) is 1. The van der Waals surface area contributed by atoms with Crippen molar-refractivity contribution in [2.75, 3.05) is 43.0 Å². The van der Waals surface area contributed by atoms with Crippen molar-refractivity contribution in [2.45, 2.75) is 25.3 Å². The molecule has 5 rings (SSSR count). The minimum atomic E-state index is -3.35. The maximum atomic E-state index is 13.1. The van der Waals surface area contributed by atoms with Gasteiger partial charge in [-0.3, -0.25) is 9.52 Å². The maximum absolute atomic E-state index is 13.1. The molecule has 2 fully saturated rings. The molecule has 0 spiro atoms. The average molecular weight is 469 g/mol. The van der Waals surface area contributed by atoms with Crippen LogP contribution in [0, 0.1) is 0 Å². The van der Waals surface area contributed by atoms with E-state index in [-0.39, 0.29) is 5.91 Å². The van der Waals surface area contributed by atoms with Crippen molar-refractivity contribution in [3.05, 3.63) is 48.0 Å². The first-order chi connectivity index (χ1) is 15.8. The first-order valence-corrected chi connectivity index (χ1v) is 13.1. The molecule has 3 aromatic rings. The molecule has 1 saturated heterocycles. The predicted molar refractivity (Wildman–Crippen MR) is 130 cm³/mol. The summed E-state index contributed by atoms with van der Waals surface area (Å²) in [6.45, 7) is 2.32. The predicted octanol–water partition coefficient (Wildman–Crippen LogP) is 3.46. The largest absolute Gasteiger partial charge is 0.396 e. The highest BCUT2D eigenvalue weighted by Crippen LogP contribution is 2.44. The van der Waals surface area contributed by atoms with E-state index in [1.54, 1.807) is 12.1 Å². The van der Waals surface area contributed by atoms with Crippen molar-refractivity contribution in [1.82, 2.24) is 9.47 Å². The van der Waals surface area contributed by atoms with Crippen LogP contribution in [-0.4, -0.2) is 56.4 Å². The first-order valence-electron chi connectivity index (χ1n) is 11.2. The number of rotatable bonds is 5. The van der Waals surface area contributed by atoms with E-state index in [2.05, 4.69) is 9.29 Å². The van der Waals surface area contributed by atoms with Crippen LogP contribution in [0.2, 0.25) is 0 Å². The van der Waals surface area contributed by atoms with Crippen LogP contribution >= 0.6 is 0 Å². The second-order valence-electron chi connectivity index (χ2n) is 8.81. The number of sulfonamides is 1. The Morgan fingerprint density at radius 3 is 2.39 bits per heavy atom. The van der Waals surface area contributed by atoms with Crippen LogP contribution in [0.4, 0.5) is 11.4 Å². The molecule has 0 atom stereocenters. The van der Waals surface area contributed by atoms with E-state index < -0.39 is 10.0 Å². The Morgan fingerprint density at radius 1 is 1.09 bits per heavy atom. The monoisotopic (exact) mass is 468 g/mol. The van der Waals surface area contributed by atoms with Crippen LogP contribution in [0.15, 0.2) is 42.5 Å². The van der Waals surface area contributed by atoms with Crippen molar-refractivity contribution >= 4 is 38.2 Å². The van der Waals surface area contributed by atoms with Crippen molar-refractivity contribution in [3.63, 3.8) is 0 Å². The Labute approximate surface area is 193 Å². The quantitative estimate of drug-likeness (QED) is 0.596. The van der Waals surface area contributed by atoms with Gasteiger partial charge in [-0.25, -0.2) is 8.42 Å². The van der Waals surface area contributed by atoms with Gasteiger partial charge >= 0.3 is 0 Å². The molecular weight excluding hydrogens is 440 g/mol. The maximum Gasteiger partial charge on any atom is 0.254 e. The standard InChI is InChI=1S/C24H28N4O4S/c1-33(30,31)26-18-8-5-16(6-9-18)23-22(25)20-10-7-17(24(29)27-11-13-32-14-12-27)15-21(20)28(23)19-3-2-4-19/h5-10,15,19,26H,2-4,11-14,25H2,1H3. The van der Waals surface area contributed by atoms with E-state index in [4.69, 9.17) is 10.5 Å². The number of hydrogen-bond donors (Lipinski definition) is 2. The van der Waals surface area contributed by atoms with Crippen molar-refractivity contribution in [1.29, 1.82) is 0 Å². The van der Waals surface area contributed by atoms with Gasteiger partial charge in [0.15, 0.2) is 0 Å². The van der Waals surface area contributed by atoms with Gasteiger partial charge in [0.1, 0.15) is 0 Å². The molecule has 2 heterocycles. The molecule has 3 N–H and O–H groups in total. The summed E-state index contributed by atoms with van der Waals surface area (Å²) < 4.78 is 33.2. The summed E-state index contributed by atoms with van der Waals surface area (Å²) in [6.07, 6.45) is 4.41. The van der Waals surface area contributed by atoms with Gasteiger partial charge in [0.2, 0.25) is 10.0 Å². The number of hydrogen-bond acceptors (Lipinski definition) is 5. The smallest absolute Gasteiger partial charge is 0.254 e. The second-order valence-corrected chi connectivity index (χ2v) is 10.6. The Hall–Kier alpha value is -3.04. The van der Waals surface area contributed by atoms with Crippen LogP contribution in [0.25, 0.3) is 22.2 Å². The van der Waals surface area contributed by atoms with Gasteiger partial charge in [0.05, 0.1) is 36.4 Å². The normalized spacial score (nSPS) is 17.2. The zero-order valence-corrected chi connectivity index (χ0v) is 19.4. The van der Waals surface area contributed by atoms with Crippen LogP contribution in [-0.2, 0) is 14.8 Å². The fourth-order valence-corrected chi connectivity index (χ4v) is 5.21. The number of nitrogens with zero attached hydrogens (tertiary/aromatic N) is 2. The van der Waals surface area contributed by atoms with Crippen LogP contribution < -0.4 is 10.5 Å². The summed E-state index contributed by atoms with van der Waals surface area (Å²) in [7, 11) is -3.35. The molecule has 1 amide bonds. The molecule has 1 aromatic heterocycles. The molecule has 2 aromatic carbocycles. The Bertz CT molecular complexity index is 1300. The lowest BCUT2D eigenvalue weighted by atomic mass is 9.92. The number of fused-ring (bicyclic) bond motifs is 1. The van der Waals surface area contributed by atoms with Gasteiger partial charge in [0, 0.05) is 41.3 Å². The van der Waals surface area contributed by atoms with E-state index in [1.165, 1.54) is 0 Å². The van der Waals surface area contributed by atoms with Gasteiger partial charge in [-0.1, -0.05) is 12.1 Å². The van der Waals surface area contributed by atoms with Gasteiger partial charge in [-0.15, -0.1) is 0 Å². The number of anilines is 2. The molecule has 0 bridgehead atoms. The molecule has 1 aliphatic heterocycles. The zero-order valence-electron chi connectivity index (χ0n) is 18.6. The van der Waals surface area contributed by atoms with Crippen LogP contribution in [0.1, 0.15) is 35.7 Å². The third-order valence-electron chi connectivity index (χ3n) is 6.49. The third kappa shape index (κ3) is 4.18. The Balaban J connectivity index is 1.58. The van der Waals surface area contributed by atoms with E-state index in [0.717, 1.165) is 47.7 Å². The molecule has 8 nitrogen and oxygen atoms in total. The summed E-state index contributed by atoms with van der Waals surface area (Å²) in [4.78, 5) is 14.9. The van der Waals surface area contributed by atoms with E-state index in [1.807, 2.05) is 35.2 Å². The highest BCUT2D eigenvalue weighted by atomic mass is 32.2. The van der Waals surface area contributed by atoms with Crippen molar-refractivity contribution in [2.24, 2.45) is 0 Å². The number of carbonyl (C=O) groups is 1. The number of aromatic nitrogens is 1. The summed E-state index contributed by atoms with van der Waals surface area (Å²) in [5, 5.41) is 0.925. The number of nitrogens with one attached hydrogen (secondary N) is 1. The summed E-state index contributed by atoms with van der Waals surface area (Å²) in [5.41, 5.74) is 11.3.